The molecule has 4 nitrogen and oxygen atoms in total. The highest BCUT2D eigenvalue weighted by Gasteiger charge is 2.29. The molecule has 4 heteroatoms. The Bertz CT molecular complexity index is 508. The van der Waals surface area contributed by atoms with Crippen LogP contribution >= 0.6 is 0 Å². The molecular formula is C21H38N4. The highest BCUT2D eigenvalue weighted by Crippen LogP contribution is 2.29. The molecule has 1 saturated heterocycles. The fourth-order valence-corrected chi connectivity index (χ4v) is 4.49. The highest BCUT2D eigenvalue weighted by molar-refractivity contribution is 5.09. The van der Waals surface area contributed by atoms with Gasteiger partial charge in [-0.1, -0.05) is 20.8 Å². The third kappa shape index (κ3) is 4.85. The third-order valence-corrected chi connectivity index (χ3v) is 6.51. The molecule has 2 aliphatic rings. The van der Waals surface area contributed by atoms with Crippen LogP contribution in [0, 0.1) is 0 Å². The molecule has 0 bridgehead atoms. The van der Waals surface area contributed by atoms with Crippen molar-refractivity contribution in [2.45, 2.75) is 103 Å². The number of rotatable bonds is 6. The summed E-state index contributed by atoms with van der Waals surface area (Å²) in [6.45, 7) is 11.6. The van der Waals surface area contributed by atoms with E-state index in [1.807, 2.05) is 0 Å². The Morgan fingerprint density at radius 3 is 2.28 bits per heavy atom. The standard InChI is InChI=1S/C21H38N4/c1-5-17(4)23-19-6-8-20(9-7-19)24-12-10-21(11-13-24)25-15-18(14-22-25)16(2)3/h14-17,19-21,23H,5-13H2,1-4H3. The van der Waals surface area contributed by atoms with Crippen molar-refractivity contribution in [2.75, 3.05) is 13.1 Å². The minimum Gasteiger partial charge on any atom is -0.312 e. The molecule has 1 unspecified atom stereocenters. The van der Waals surface area contributed by atoms with Crippen molar-refractivity contribution in [1.29, 1.82) is 0 Å². The zero-order valence-corrected chi connectivity index (χ0v) is 16.7. The molecular weight excluding hydrogens is 308 g/mol. The molecule has 1 N–H and O–H groups in total. The van der Waals surface area contributed by atoms with Crippen molar-refractivity contribution in [3.63, 3.8) is 0 Å². The molecule has 0 radical (unpaired) electrons. The maximum Gasteiger partial charge on any atom is 0.0543 e. The predicted octanol–water partition coefficient (Wildman–Crippen LogP) is 4.34. The van der Waals surface area contributed by atoms with E-state index in [1.54, 1.807) is 0 Å². The molecule has 2 fully saturated rings. The highest BCUT2D eigenvalue weighted by atomic mass is 15.3. The number of nitrogens with zero attached hydrogens (tertiary/aromatic N) is 3. The zero-order chi connectivity index (χ0) is 17.8. The SMILES string of the molecule is CCC(C)NC1CCC(N2CCC(n3cc(C(C)C)cn3)CC2)CC1. The van der Waals surface area contributed by atoms with Crippen LogP contribution in [-0.2, 0) is 0 Å². The van der Waals surface area contributed by atoms with E-state index in [1.165, 1.54) is 63.6 Å². The summed E-state index contributed by atoms with van der Waals surface area (Å²) in [5.41, 5.74) is 1.37. The molecule has 2 heterocycles. The fourth-order valence-electron chi connectivity index (χ4n) is 4.49. The minimum absolute atomic E-state index is 0.577. The summed E-state index contributed by atoms with van der Waals surface area (Å²) in [5.74, 6) is 0.577. The van der Waals surface area contributed by atoms with E-state index in [0.717, 1.165) is 12.1 Å². The van der Waals surface area contributed by atoms with Gasteiger partial charge in [-0.05, 0) is 63.4 Å². The second-order valence-electron chi connectivity index (χ2n) is 8.66. The van der Waals surface area contributed by atoms with Crippen LogP contribution in [0.15, 0.2) is 12.4 Å². The molecule has 0 spiro atoms. The first-order valence-corrected chi connectivity index (χ1v) is 10.6. The maximum absolute atomic E-state index is 4.63. The minimum atomic E-state index is 0.577. The van der Waals surface area contributed by atoms with Crippen LogP contribution in [0.4, 0.5) is 0 Å². The average Bonchev–Trinajstić information content (AvgIpc) is 3.13. The van der Waals surface area contributed by atoms with Gasteiger partial charge >= 0.3 is 0 Å². The van der Waals surface area contributed by atoms with Crippen molar-refractivity contribution in [3.05, 3.63) is 18.0 Å². The second kappa shape index (κ2) is 8.68. The molecule has 0 aromatic carbocycles. The van der Waals surface area contributed by atoms with Gasteiger partial charge in [0.1, 0.15) is 0 Å². The molecule has 1 aromatic rings. The topological polar surface area (TPSA) is 33.1 Å². The number of aromatic nitrogens is 2. The van der Waals surface area contributed by atoms with Crippen molar-refractivity contribution >= 4 is 0 Å². The number of nitrogens with one attached hydrogen (secondary N) is 1. The van der Waals surface area contributed by atoms with E-state index in [-0.39, 0.29) is 0 Å². The van der Waals surface area contributed by atoms with E-state index in [0.29, 0.717) is 18.0 Å². The summed E-state index contributed by atoms with van der Waals surface area (Å²) in [5, 5.41) is 8.44. The second-order valence-corrected chi connectivity index (χ2v) is 8.66. The number of hydrogen-bond donors (Lipinski definition) is 1. The normalized spacial score (nSPS) is 27.7. The number of hydrogen-bond acceptors (Lipinski definition) is 3. The van der Waals surface area contributed by atoms with Crippen molar-refractivity contribution < 1.29 is 0 Å². The molecule has 25 heavy (non-hydrogen) atoms. The summed E-state index contributed by atoms with van der Waals surface area (Å²) >= 11 is 0. The van der Waals surface area contributed by atoms with Gasteiger partial charge < -0.3 is 10.2 Å². The Labute approximate surface area is 154 Å². The van der Waals surface area contributed by atoms with Crippen LogP contribution in [0.25, 0.3) is 0 Å². The van der Waals surface area contributed by atoms with Crippen LogP contribution in [0.1, 0.15) is 90.2 Å². The van der Waals surface area contributed by atoms with Crippen molar-refractivity contribution in [1.82, 2.24) is 20.0 Å². The first kappa shape index (κ1) is 18.9. The van der Waals surface area contributed by atoms with Gasteiger partial charge in [0.2, 0.25) is 0 Å². The number of likely N-dealkylation sites (tertiary alicyclic amines) is 1. The van der Waals surface area contributed by atoms with E-state index in [4.69, 9.17) is 0 Å². The van der Waals surface area contributed by atoms with Crippen LogP contribution in [0.2, 0.25) is 0 Å². The summed E-state index contributed by atoms with van der Waals surface area (Å²) in [4.78, 5) is 2.77. The van der Waals surface area contributed by atoms with Crippen LogP contribution in [-0.4, -0.2) is 45.9 Å². The van der Waals surface area contributed by atoms with Gasteiger partial charge in [0, 0.05) is 37.4 Å². The van der Waals surface area contributed by atoms with E-state index < -0.39 is 0 Å². The van der Waals surface area contributed by atoms with E-state index >= 15 is 0 Å². The Kier molecular flexibility index (Phi) is 6.56. The molecule has 0 amide bonds. The molecule has 1 aromatic heterocycles. The molecule has 1 atom stereocenters. The lowest BCUT2D eigenvalue weighted by atomic mass is 9.88. The fraction of sp³-hybridized carbons (Fsp3) is 0.857. The summed E-state index contributed by atoms with van der Waals surface area (Å²) < 4.78 is 2.24. The lowest BCUT2D eigenvalue weighted by molar-refractivity contribution is 0.0973. The molecule has 3 rings (SSSR count). The first-order valence-electron chi connectivity index (χ1n) is 10.6. The Hall–Kier alpha value is -0.870. The largest absolute Gasteiger partial charge is 0.312 e. The zero-order valence-electron chi connectivity index (χ0n) is 16.7. The lowest BCUT2D eigenvalue weighted by Gasteiger charge is -2.41. The van der Waals surface area contributed by atoms with Gasteiger partial charge in [-0.2, -0.15) is 5.10 Å². The Morgan fingerprint density at radius 2 is 1.72 bits per heavy atom. The van der Waals surface area contributed by atoms with Gasteiger partial charge in [-0.3, -0.25) is 4.68 Å². The summed E-state index contributed by atoms with van der Waals surface area (Å²) in [6.07, 6.45) is 13.5. The van der Waals surface area contributed by atoms with Crippen molar-refractivity contribution in [3.8, 4) is 0 Å². The maximum atomic E-state index is 4.63. The Morgan fingerprint density at radius 1 is 1.04 bits per heavy atom. The van der Waals surface area contributed by atoms with Crippen molar-refractivity contribution in [2.24, 2.45) is 0 Å². The van der Waals surface area contributed by atoms with Gasteiger partial charge in [0.15, 0.2) is 0 Å². The quantitative estimate of drug-likeness (QED) is 0.831. The summed E-state index contributed by atoms with van der Waals surface area (Å²) in [6, 6.07) is 2.84. The van der Waals surface area contributed by atoms with E-state index in [2.05, 4.69) is 60.1 Å². The molecule has 1 aliphatic carbocycles. The molecule has 1 saturated carbocycles. The number of piperidine rings is 1. The lowest BCUT2D eigenvalue weighted by Crippen LogP contribution is -2.47. The molecule has 142 valence electrons. The first-order chi connectivity index (χ1) is 12.1. The van der Waals surface area contributed by atoms with Gasteiger partial charge in [-0.15, -0.1) is 0 Å². The van der Waals surface area contributed by atoms with Crippen LogP contribution < -0.4 is 5.32 Å². The Balaban J connectivity index is 1.43. The molecule has 1 aliphatic heterocycles. The van der Waals surface area contributed by atoms with Gasteiger partial charge in [-0.25, -0.2) is 0 Å². The van der Waals surface area contributed by atoms with E-state index in [9.17, 15) is 0 Å². The smallest absolute Gasteiger partial charge is 0.0543 e. The van der Waals surface area contributed by atoms with Gasteiger partial charge in [0.05, 0.1) is 12.2 Å². The predicted molar refractivity (Wildman–Crippen MR) is 105 cm³/mol. The monoisotopic (exact) mass is 346 g/mol. The van der Waals surface area contributed by atoms with Gasteiger partial charge in [0.25, 0.3) is 0 Å². The summed E-state index contributed by atoms with van der Waals surface area (Å²) in [7, 11) is 0. The average molecular weight is 347 g/mol. The third-order valence-electron chi connectivity index (χ3n) is 6.51. The van der Waals surface area contributed by atoms with Crippen LogP contribution in [0.3, 0.4) is 0 Å². The van der Waals surface area contributed by atoms with Crippen LogP contribution in [0.5, 0.6) is 0 Å².